The molecule has 0 spiro atoms. The smallest absolute Gasteiger partial charge is 0.356 e. The molecule has 140 valence electrons. The number of methoxy groups -OCH3 is 1. The van der Waals surface area contributed by atoms with Crippen LogP contribution in [0.4, 0.5) is 0 Å². The van der Waals surface area contributed by atoms with Gasteiger partial charge in [0.15, 0.2) is 5.69 Å². The molecule has 1 N–H and O–H groups in total. The number of aryl methyl sites for hydroxylation is 2. The Bertz CT molecular complexity index is 915. The number of ether oxygens (including phenoxy) is 1. The first-order valence-electron chi connectivity index (χ1n) is 8.43. The first-order chi connectivity index (χ1) is 13.1. The van der Waals surface area contributed by atoms with Crippen LogP contribution in [0.2, 0.25) is 0 Å². The number of nitrogens with zero attached hydrogens (tertiary/aromatic N) is 5. The van der Waals surface area contributed by atoms with Gasteiger partial charge >= 0.3 is 5.97 Å². The third-order valence-corrected chi connectivity index (χ3v) is 4.10. The summed E-state index contributed by atoms with van der Waals surface area (Å²) in [6.45, 7) is 1.23. The van der Waals surface area contributed by atoms with E-state index >= 15 is 0 Å². The van der Waals surface area contributed by atoms with Gasteiger partial charge in [-0.3, -0.25) is 14.2 Å². The fraction of sp³-hybridized carbons (Fsp3) is 0.278. The third kappa shape index (κ3) is 4.20. The standard InChI is InChI=1S/C18H20N6O3/c1-23-16(18(26)27-2)15(12-21-23)13-4-6-14(7-5-13)17(25)19-8-3-10-24-11-9-20-22-24/h4-7,9,11-12H,3,8,10H2,1-2H3,(H,19,25). The summed E-state index contributed by atoms with van der Waals surface area (Å²) in [7, 11) is 3.01. The van der Waals surface area contributed by atoms with Crippen LogP contribution in [0, 0.1) is 0 Å². The second-order valence-electron chi connectivity index (χ2n) is 5.87. The highest BCUT2D eigenvalue weighted by Gasteiger charge is 2.18. The number of benzene rings is 1. The average Bonchev–Trinajstić information content (AvgIpc) is 3.34. The van der Waals surface area contributed by atoms with Gasteiger partial charge in [-0.15, -0.1) is 5.10 Å². The van der Waals surface area contributed by atoms with E-state index in [2.05, 4.69) is 20.7 Å². The van der Waals surface area contributed by atoms with Crippen molar-refractivity contribution in [1.82, 2.24) is 30.1 Å². The number of aromatic nitrogens is 5. The van der Waals surface area contributed by atoms with Crippen molar-refractivity contribution in [2.24, 2.45) is 7.05 Å². The van der Waals surface area contributed by atoms with Crippen LogP contribution in [-0.2, 0) is 18.3 Å². The minimum Gasteiger partial charge on any atom is -0.464 e. The molecule has 0 radical (unpaired) electrons. The topological polar surface area (TPSA) is 104 Å². The molecule has 0 aliphatic heterocycles. The molecule has 0 fully saturated rings. The summed E-state index contributed by atoms with van der Waals surface area (Å²) in [5.41, 5.74) is 2.35. The van der Waals surface area contributed by atoms with Crippen LogP contribution in [0.5, 0.6) is 0 Å². The number of carbonyl (C=O) groups excluding carboxylic acids is 2. The number of carbonyl (C=O) groups is 2. The van der Waals surface area contributed by atoms with Gasteiger partial charge in [0.1, 0.15) is 0 Å². The van der Waals surface area contributed by atoms with Crippen LogP contribution in [0.3, 0.4) is 0 Å². The lowest BCUT2D eigenvalue weighted by atomic mass is 10.0. The zero-order valence-electron chi connectivity index (χ0n) is 15.1. The summed E-state index contributed by atoms with van der Waals surface area (Å²) in [5.74, 6) is -0.612. The molecule has 0 unspecified atom stereocenters. The molecule has 0 atom stereocenters. The molecule has 9 heteroatoms. The second-order valence-corrected chi connectivity index (χ2v) is 5.87. The molecule has 1 aromatic carbocycles. The van der Waals surface area contributed by atoms with Crippen LogP contribution in [0.25, 0.3) is 11.1 Å². The van der Waals surface area contributed by atoms with Gasteiger partial charge in [0.25, 0.3) is 5.91 Å². The molecular formula is C18H20N6O3. The van der Waals surface area contributed by atoms with Gasteiger partial charge in [-0.25, -0.2) is 4.79 Å². The Morgan fingerprint density at radius 1 is 1.22 bits per heavy atom. The van der Waals surface area contributed by atoms with E-state index in [1.54, 1.807) is 54.6 Å². The maximum absolute atomic E-state index is 12.2. The highest BCUT2D eigenvalue weighted by molar-refractivity contribution is 5.97. The number of hydrogen-bond acceptors (Lipinski definition) is 6. The summed E-state index contributed by atoms with van der Waals surface area (Å²) >= 11 is 0. The predicted molar refractivity (Wildman–Crippen MR) is 97.0 cm³/mol. The Balaban J connectivity index is 1.61. The van der Waals surface area contributed by atoms with Crippen LogP contribution in [0.15, 0.2) is 42.9 Å². The van der Waals surface area contributed by atoms with Gasteiger partial charge in [0, 0.05) is 37.5 Å². The Morgan fingerprint density at radius 3 is 2.67 bits per heavy atom. The molecular weight excluding hydrogens is 348 g/mol. The molecule has 0 saturated carbocycles. The number of esters is 1. The van der Waals surface area contributed by atoms with Gasteiger partial charge in [-0.2, -0.15) is 5.10 Å². The molecule has 1 amide bonds. The maximum atomic E-state index is 12.2. The molecule has 3 aromatic rings. The average molecular weight is 368 g/mol. The van der Waals surface area contributed by atoms with Crippen molar-refractivity contribution in [3.05, 3.63) is 54.1 Å². The number of rotatable bonds is 7. The molecule has 2 heterocycles. The summed E-state index contributed by atoms with van der Waals surface area (Å²) in [6, 6.07) is 7.01. The molecule has 0 aliphatic carbocycles. The van der Waals surface area contributed by atoms with Crippen molar-refractivity contribution in [2.45, 2.75) is 13.0 Å². The zero-order chi connectivity index (χ0) is 19.2. The second kappa shape index (κ2) is 8.26. The Morgan fingerprint density at radius 2 is 2.00 bits per heavy atom. The van der Waals surface area contributed by atoms with Crippen molar-refractivity contribution in [3.8, 4) is 11.1 Å². The third-order valence-electron chi connectivity index (χ3n) is 4.10. The van der Waals surface area contributed by atoms with E-state index in [9.17, 15) is 9.59 Å². The van der Waals surface area contributed by atoms with E-state index in [-0.39, 0.29) is 5.91 Å². The zero-order valence-corrected chi connectivity index (χ0v) is 15.1. The minimum absolute atomic E-state index is 0.153. The lowest BCUT2D eigenvalue weighted by Gasteiger charge is -2.07. The largest absolute Gasteiger partial charge is 0.464 e. The Labute approximate surface area is 155 Å². The summed E-state index contributed by atoms with van der Waals surface area (Å²) < 4.78 is 7.99. The van der Waals surface area contributed by atoms with Gasteiger partial charge < -0.3 is 10.1 Å². The highest BCUT2D eigenvalue weighted by Crippen LogP contribution is 2.24. The van der Waals surface area contributed by atoms with Crippen molar-refractivity contribution in [2.75, 3.05) is 13.7 Å². The van der Waals surface area contributed by atoms with Gasteiger partial charge in [0.05, 0.1) is 19.5 Å². The minimum atomic E-state index is -0.459. The number of nitrogens with one attached hydrogen (secondary N) is 1. The van der Waals surface area contributed by atoms with E-state index in [0.717, 1.165) is 12.0 Å². The quantitative estimate of drug-likeness (QED) is 0.498. The van der Waals surface area contributed by atoms with Crippen molar-refractivity contribution < 1.29 is 14.3 Å². The summed E-state index contributed by atoms with van der Waals surface area (Å²) in [5, 5.41) is 14.6. The van der Waals surface area contributed by atoms with E-state index in [0.29, 0.717) is 29.9 Å². The lowest BCUT2D eigenvalue weighted by molar-refractivity contribution is 0.0589. The molecule has 0 aliphatic rings. The molecule has 0 bridgehead atoms. The monoisotopic (exact) mass is 368 g/mol. The van der Waals surface area contributed by atoms with Crippen molar-refractivity contribution >= 4 is 11.9 Å². The van der Waals surface area contributed by atoms with E-state index in [1.165, 1.54) is 11.8 Å². The van der Waals surface area contributed by atoms with Crippen LogP contribution in [0.1, 0.15) is 27.3 Å². The van der Waals surface area contributed by atoms with Crippen LogP contribution in [-0.4, -0.2) is 50.3 Å². The van der Waals surface area contributed by atoms with E-state index < -0.39 is 5.97 Å². The molecule has 2 aromatic heterocycles. The molecule has 27 heavy (non-hydrogen) atoms. The lowest BCUT2D eigenvalue weighted by Crippen LogP contribution is -2.25. The van der Waals surface area contributed by atoms with E-state index in [1.807, 2.05) is 0 Å². The summed E-state index contributed by atoms with van der Waals surface area (Å²) in [4.78, 5) is 24.2. The van der Waals surface area contributed by atoms with E-state index in [4.69, 9.17) is 4.74 Å². The predicted octanol–water partition coefficient (Wildman–Crippen LogP) is 1.29. The Kier molecular flexibility index (Phi) is 5.60. The van der Waals surface area contributed by atoms with Crippen molar-refractivity contribution in [3.63, 3.8) is 0 Å². The van der Waals surface area contributed by atoms with Gasteiger partial charge in [0.2, 0.25) is 0 Å². The fourth-order valence-corrected chi connectivity index (χ4v) is 2.69. The SMILES string of the molecule is COC(=O)c1c(-c2ccc(C(=O)NCCCn3ccnn3)cc2)cnn1C. The summed E-state index contributed by atoms with van der Waals surface area (Å²) in [6.07, 6.45) is 5.76. The highest BCUT2D eigenvalue weighted by atomic mass is 16.5. The van der Waals surface area contributed by atoms with Crippen LogP contribution < -0.4 is 5.32 Å². The first-order valence-corrected chi connectivity index (χ1v) is 8.43. The fourth-order valence-electron chi connectivity index (χ4n) is 2.69. The molecule has 3 rings (SSSR count). The van der Waals surface area contributed by atoms with Gasteiger partial charge in [-0.1, -0.05) is 17.3 Å². The number of hydrogen-bond donors (Lipinski definition) is 1. The van der Waals surface area contributed by atoms with Gasteiger partial charge in [-0.05, 0) is 24.1 Å². The van der Waals surface area contributed by atoms with Crippen LogP contribution >= 0.6 is 0 Å². The molecule has 9 nitrogen and oxygen atoms in total. The maximum Gasteiger partial charge on any atom is 0.356 e. The molecule has 0 saturated heterocycles. The Hall–Kier alpha value is -3.49. The first kappa shape index (κ1) is 18.3. The van der Waals surface area contributed by atoms with Crippen molar-refractivity contribution in [1.29, 1.82) is 0 Å². The number of amides is 1. The normalized spacial score (nSPS) is 10.6.